The van der Waals surface area contributed by atoms with Crippen molar-refractivity contribution in [3.8, 4) is 0 Å². The zero-order chi connectivity index (χ0) is 46.5. The smallest absolute Gasteiger partial charge is 0.0885 e. The summed E-state index contributed by atoms with van der Waals surface area (Å²) in [6.07, 6.45) is 40.4. The first kappa shape index (κ1) is 61.1. The predicted molar refractivity (Wildman–Crippen MR) is 259 cm³/mol. The summed E-state index contributed by atoms with van der Waals surface area (Å²) in [4.78, 5) is 51.3. The Morgan fingerprint density at radius 1 is 0.397 bits per heavy atom. The first-order valence-electron chi connectivity index (χ1n) is 26.1. The predicted octanol–water partition coefficient (Wildman–Crippen LogP) is 13.8. The molecule has 0 aromatic rings. The molecule has 0 aliphatic rings. The van der Waals surface area contributed by atoms with Gasteiger partial charge in [0, 0.05) is 0 Å². The Labute approximate surface area is 390 Å². The van der Waals surface area contributed by atoms with E-state index in [0.717, 1.165) is 64.2 Å². The quantitative estimate of drug-likeness (QED) is 0.0262. The van der Waals surface area contributed by atoms with Crippen molar-refractivity contribution in [1.82, 2.24) is 0 Å². The minimum Gasteiger partial charge on any atom is -0.0885 e. The minimum atomic E-state index is -4.49. The first-order valence-corrected chi connectivity index (χ1v) is 32.4. The van der Waals surface area contributed by atoms with E-state index in [-0.39, 0.29) is 13.2 Å². The molecule has 0 aliphatic heterocycles. The monoisotopic (exact) mass is 1000 g/mol. The molecule has 10 nitrogen and oxygen atoms in total. The van der Waals surface area contributed by atoms with Gasteiger partial charge >= 0.3 is 239 Å². The van der Waals surface area contributed by atoms with Gasteiger partial charge in [-0.15, -0.1) is 0 Å². The van der Waals surface area contributed by atoms with Crippen molar-refractivity contribution in [2.75, 3.05) is 13.2 Å². The van der Waals surface area contributed by atoms with Gasteiger partial charge in [0.2, 0.25) is 0 Å². The molecule has 0 fully saturated rings. The summed E-state index contributed by atoms with van der Waals surface area (Å²) < 4.78 is 23.2. The SMILES string of the molecule is CCCCCCCC/C=C\CCCCCCCCOC(=O)C(O)CC(=O)[O][Sn]([CH2]CCC)([CH2]CCC)[O]C(=O)CC(O)C(=O)OCCCCCCCC/C=C\CCCCCCCC. The number of aliphatic hydroxyl groups is 2. The van der Waals surface area contributed by atoms with Gasteiger partial charge in [0.25, 0.3) is 0 Å². The zero-order valence-corrected chi connectivity index (χ0v) is 43.8. The Morgan fingerprint density at radius 3 is 0.968 bits per heavy atom. The number of hydrogen-bond acceptors (Lipinski definition) is 10. The number of hydrogen-bond donors (Lipinski definition) is 2. The van der Waals surface area contributed by atoms with E-state index >= 15 is 0 Å². The number of esters is 2. The Balaban J connectivity index is 4.48. The van der Waals surface area contributed by atoms with Crippen molar-refractivity contribution < 1.29 is 45.0 Å². The van der Waals surface area contributed by atoms with Gasteiger partial charge in [-0.25, -0.2) is 0 Å². The Morgan fingerprint density at radius 2 is 0.667 bits per heavy atom. The van der Waals surface area contributed by atoms with Crippen molar-refractivity contribution in [3.05, 3.63) is 24.3 Å². The van der Waals surface area contributed by atoms with Gasteiger partial charge in [-0.2, -0.15) is 0 Å². The zero-order valence-electron chi connectivity index (χ0n) is 41.0. The van der Waals surface area contributed by atoms with Crippen LogP contribution in [0.5, 0.6) is 0 Å². The molecule has 368 valence electrons. The molecule has 0 aromatic heterocycles. The molecule has 0 radical (unpaired) electrons. The van der Waals surface area contributed by atoms with Crippen LogP contribution in [0.15, 0.2) is 24.3 Å². The Kier molecular flexibility index (Phi) is 43.9. The fourth-order valence-corrected chi connectivity index (χ4v) is 17.4. The molecule has 2 atom stereocenters. The molecule has 0 saturated carbocycles. The van der Waals surface area contributed by atoms with Gasteiger partial charge in [-0.05, 0) is 51.4 Å². The van der Waals surface area contributed by atoms with Gasteiger partial charge in [0.1, 0.15) is 0 Å². The molecule has 2 N–H and O–H groups in total. The fourth-order valence-electron chi connectivity index (χ4n) is 7.46. The standard InChI is InChI=1S/2C22H40O5.2C4H9.Sn/c2*1-2-3-4-5-6-7-8-9-10-11-12-13-14-15-16-17-18-27-22(26)20(23)19-21(24)25;2*1-3-4-2;/h2*9-10,20,23H,2-8,11-19H2,1H3,(H,24,25);2*1,3-4H2,2H3;/q;;;;+2/p-2/b2*10-9-;;;. The van der Waals surface area contributed by atoms with Crippen LogP contribution in [0.2, 0.25) is 8.87 Å². The molecule has 0 saturated heterocycles. The Hall–Kier alpha value is -1.92. The van der Waals surface area contributed by atoms with Crippen LogP contribution >= 0.6 is 0 Å². The van der Waals surface area contributed by atoms with Crippen LogP contribution < -0.4 is 0 Å². The third kappa shape index (κ3) is 39.0. The van der Waals surface area contributed by atoms with Gasteiger partial charge in [-0.3, -0.25) is 0 Å². The fraction of sp³-hybridized carbons (Fsp3) is 0.846. The van der Waals surface area contributed by atoms with Crippen LogP contribution in [0.4, 0.5) is 0 Å². The van der Waals surface area contributed by atoms with Crippen LogP contribution in [0, 0.1) is 0 Å². The van der Waals surface area contributed by atoms with Gasteiger partial charge in [0.15, 0.2) is 0 Å². The normalized spacial score (nSPS) is 12.8. The van der Waals surface area contributed by atoms with Gasteiger partial charge in [0.05, 0.1) is 0 Å². The summed E-state index contributed by atoms with van der Waals surface area (Å²) in [7, 11) is 0. The van der Waals surface area contributed by atoms with Crippen molar-refractivity contribution in [1.29, 1.82) is 0 Å². The van der Waals surface area contributed by atoms with E-state index in [1.54, 1.807) is 0 Å². The molecule has 0 aromatic carbocycles. The van der Waals surface area contributed by atoms with Gasteiger partial charge < -0.3 is 0 Å². The van der Waals surface area contributed by atoms with E-state index < -0.39 is 68.1 Å². The topological polar surface area (TPSA) is 146 Å². The summed E-state index contributed by atoms with van der Waals surface area (Å²) in [6.45, 7) is 8.79. The summed E-state index contributed by atoms with van der Waals surface area (Å²) >= 11 is -4.49. The second-order valence-corrected chi connectivity index (χ2v) is 26.9. The molecule has 63 heavy (non-hydrogen) atoms. The van der Waals surface area contributed by atoms with Crippen LogP contribution in [0.3, 0.4) is 0 Å². The van der Waals surface area contributed by atoms with Crippen molar-refractivity contribution in [3.63, 3.8) is 0 Å². The number of aliphatic hydroxyl groups excluding tert-OH is 2. The van der Waals surface area contributed by atoms with Crippen LogP contribution in [-0.4, -0.2) is 78.7 Å². The molecule has 0 heterocycles. The second-order valence-electron chi connectivity index (χ2n) is 17.7. The van der Waals surface area contributed by atoms with Crippen molar-refractivity contribution in [2.45, 2.75) is 267 Å². The van der Waals surface area contributed by atoms with Gasteiger partial charge in [-0.1, -0.05) is 102 Å². The molecule has 0 amide bonds. The molecule has 0 bridgehead atoms. The van der Waals surface area contributed by atoms with Crippen LogP contribution in [-0.2, 0) is 34.8 Å². The van der Waals surface area contributed by atoms with Crippen molar-refractivity contribution in [2.24, 2.45) is 0 Å². The number of ether oxygens (including phenoxy) is 2. The van der Waals surface area contributed by atoms with E-state index in [9.17, 15) is 29.4 Å². The van der Waals surface area contributed by atoms with E-state index in [4.69, 9.17) is 15.6 Å². The number of unbranched alkanes of at least 4 members (excludes halogenated alkanes) is 26. The van der Waals surface area contributed by atoms with Crippen LogP contribution in [0.1, 0.15) is 246 Å². The van der Waals surface area contributed by atoms with E-state index in [1.165, 1.54) is 116 Å². The van der Waals surface area contributed by atoms with Crippen LogP contribution in [0.25, 0.3) is 0 Å². The number of carbonyl (C=O) groups is 4. The minimum absolute atomic E-state index is 0.169. The maximum absolute atomic E-state index is 13.1. The van der Waals surface area contributed by atoms with Crippen molar-refractivity contribution >= 4 is 43.1 Å². The maximum atomic E-state index is 13.1. The summed E-state index contributed by atoms with van der Waals surface area (Å²) in [5, 5.41) is 21.0. The number of carbonyl (C=O) groups excluding carboxylic acids is 4. The molecular formula is C52H96O10Sn. The van der Waals surface area contributed by atoms with E-state index in [1.807, 2.05) is 13.8 Å². The average molecular weight is 1000 g/mol. The average Bonchev–Trinajstić information content (AvgIpc) is 3.26. The second kappa shape index (κ2) is 45.2. The number of allylic oxidation sites excluding steroid dienone is 4. The summed E-state index contributed by atoms with van der Waals surface area (Å²) in [6, 6.07) is 0. The first-order chi connectivity index (χ1) is 30.6. The molecule has 0 spiro atoms. The molecular weight excluding hydrogens is 903 g/mol. The third-order valence-corrected chi connectivity index (χ3v) is 21.3. The summed E-state index contributed by atoms with van der Waals surface area (Å²) in [5.74, 6) is -3.39. The Bertz CT molecular complexity index is 1070. The molecule has 0 aliphatic carbocycles. The molecule has 2 unspecified atom stereocenters. The molecule has 11 heteroatoms. The number of rotatable bonds is 46. The molecule has 0 rings (SSSR count). The summed E-state index contributed by atoms with van der Waals surface area (Å²) in [5.41, 5.74) is 0. The van der Waals surface area contributed by atoms with E-state index in [0.29, 0.717) is 34.6 Å². The van der Waals surface area contributed by atoms with E-state index in [2.05, 4.69) is 38.2 Å². The third-order valence-electron chi connectivity index (χ3n) is 11.5.